The van der Waals surface area contributed by atoms with Crippen LogP contribution < -0.4 is 0 Å². The Kier molecular flexibility index (Phi) is 6.91. The summed E-state index contributed by atoms with van der Waals surface area (Å²) in [4.78, 5) is 11.1. The van der Waals surface area contributed by atoms with Crippen LogP contribution in [0.3, 0.4) is 0 Å². The highest BCUT2D eigenvalue weighted by molar-refractivity contribution is 5.95. The Morgan fingerprint density at radius 2 is 2.00 bits per heavy atom. The second-order valence-electron chi connectivity index (χ2n) is 4.96. The minimum Gasteiger partial charge on any atom is -0.507 e. The first kappa shape index (κ1) is 17.2. The Morgan fingerprint density at radius 3 is 2.62 bits per heavy atom. The average molecular weight is 294 g/mol. The highest BCUT2D eigenvalue weighted by Crippen LogP contribution is 2.22. The van der Waals surface area contributed by atoms with E-state index in [4.69, 9.17) is 5.11 Å². The summed E-state index contributed by atoms with van der Waals surface area (Å²) >= 11 is 0. The predicted molar refractivity (Wildman–Crippen MR) is 80.3 cm³/mol. The maximum absolute atomic E-state index is 11.1. The number of benzene rings is 1. The maximum Gasteiger partial charge on any atom is 0.340 e. The van der Waals surface area contributed by atoms with Gasteiger partial charge in [0.2, 0.25) is 0 Å². The summed E-state index contributed by atoms with van der Waals surface area (Å²) in [5.74, 6) is -1.58. The Hall–Kier alpha value is -1.85. The fourth-order valence-electron chi connectivity index (χ4n) is 2.03. The van der Waals surface area contributed by atoms with E-state index >= 15 is 0 Å². The number of unbranched alkanes of at least 4 members (excludes halogenated alkanes) is 2. The van der Waals surface area contributed by atoms with Gasteiger partial charge in [0.05, 0.1) is 12.2 Å². The minimum absolute atomic E-state index is 0.221. The van der Waals surface area contributed by atoms with Crippen LogP contribution in [-0.4, -0.2) is 38.6 Å². The van der Waals surface area contributed by atoms with Crippen molar-refractivity contribution >= 4 is 12.0 Å². The molecule has 0 aromatic heterocycles. The van der Waals surface area contributed by atoms with E-state index in [1.165, 1.54) is 30.4 Å². The van der Waals surface area contributed by atoms with E-state index in [0.29, 0.717) is 6.42 Å². The van der Waals surface area contributed by atoms with Crippen molar-refractivity contribution in [3.05, 3.63) is 35.4 Å². The third kappa shape index (κ3) is 5.21. The predicted octanol–water partition coefficient (Wildman–Crippen LogP) is 2.41. The van der Waals surface area contributed by atoms with E-state index in [9.17, 15) is 20.1 Å². The van der Waals surface area contributed by atoms with Gasteiger partial charge in [0.1, 0.15) is 11.3 Å². The quantitative estimate of drug-likeness (QED) is 0.552. The molecule has 0 unspecified atom stereocenters. The molecule has 0 spiro atoms. The molecule has 0 bridgehead atoms. The number of hydrogen-bond acceptors (Lipinski definition) is 4. The molecule has 2 atom stereocenters. The van der Waals surface area contributed by atoms with Crippen LogP contribution in [0.15, 0.2) is 24.3 Å². The summed E-state index contributed by atoms with van der Waals surface area (Å²) in [6, 6.07) is 4.33. The lowest BCUT2D eigenvalue weighted by Gasteiger charge is -2.14. The Morgan fingerprint density at radius 1 is 1.29 bits per heavy atom. The molecule has 0 aliphatic carbocycles. The maximum atomic E-state index is 11.1. The van der Waals surface area contributed by atoms with Crippen molar-refractivity contribution in [3.8, 4) is 5.75 Å². The zero-order valence-electron chi connectivity index (χ0n) is 12.1. The van der Waals surface area contributed by atoms with Gasteiger partial charge < -0.3 is 20.4 Å². The summed E-state index contributed by atoms with van der Waals surface area (Å²) in [5, 5.41) is 38.2. The van der Waals surface area contributed by atoms with E-state index in [1.54, 1.807) is 0 Å². The third-order valence-electron chi connectivity index (χ3n) is 3.26. The number of aromatic carboxylic acids is 1. The van der Waals surface area contributed by atoms with E-state index in [-0.39, 0.29) is 16.9 Å². The van der Waals surface area contributed by atoms with Crippen LogP contribution >= 0.6 is 0 Å². The molecule has 0 radical (unpaired) electrons. The molecule has 0 heterocycles. The number of phenols is 1. The van der Waals surface area contributed by atoms with Crippen molar-refractivity contribution in [2.24, 2.45) is 0 Å². The van der Waals surface area contributed by atoms with Gasteiger partial charge >= 0.3 is 5.97 Å². The van der Waals surface area contributed by atoms with E-state index in [2.05, 4.69) is 6.92 Å². The van der Waals surface area contributed by atoms with Crippen LogP contribution in [0.1, 0.15) is 48.5 Å². The molecule has 1 aromatic rings. The lowest BCUT2D eigenvalue weighted by Crippen LogP contribution is -2.23. The monoisotopic (exact) mass is 294 g/mol. The normalized spacial score (nSPS) is 14.2. The van der Waals surface area contributed by atoms with Crippen molar-refractivity contribution in [2.45, 2.75) is 44.8 Å². The second-order valence-corrected chi connectivity index (χ2v) is 4.96. The summed E-state index contributed by atoms with van der Waals surface area (Å²) in [6.45, 7) is 2.05. The molecular weight excluding hydrogens is 272 g/mol. The van der Waals surface area contributed by atoms with Crippen molar-refractivity contribution in [3.63, 3.8) is 0 Å². The summed E-state index contributed by atoms with van der Waals surface area (Å²) in [5.41, 5.74) is 0.0590. The number of hydrogen-bond donors (Lipinski definition) is 4. The van der Waals surface area contributed by atoms with Gasteiger partial charge in [0, 0.05) is 0 Å². The Labute approximate surface area is 124 Å². The second kappa shape index (κ2) is 8.44. The van der Waals surface area contributed by atoms with E-state index < -0.39 is 18.2 Å². The topological polar surface area (TPSA) is 98.0 Å². The van der Waals surface area contributed by atoms with Crippen molar-refractivity contribution in [1.29, 1.82) is 0 Å². The minimum atomic E-state index is -1.24. The summed E-state index contributed by atoms with van der Waals surface area (Å²) < 4.78 is 0. The molecule has 116 valence electrons. The fraction of sp³-hybridized carbons (Fsp3) is 0.438. The number of carboxylic acid groups (broad SMARTS) is 1. The molecule has 0 aliphatic heterocycles. The fourth-order valence-corrected chi connectivity index (χ4v) is 2.03. The van der Waals surface area contributed by atoms with E-state index in [1.807, 2.05) is 0 Å². The van der Waals surface area contributed by atoms with Crippen LogP contribution in [-0.2, 0) is 0 Å². The molecule has 0 fully saturated rings. The van der Waals surface area contributed by atoms with Gasteiger partial charge in [-0.2, -0.15) is 0 Å². The molecular formula is C16H22O5. The lowest BCUT2D eigenvalue weighted by molar-refractivity contribution is 0.0420. The van der Waals surface area contributed by atoms with Crippen molar-refractivity contribution in [1.82, 2.24) is 0 Å². The van der Waals surface area contributed by atoms with Crippen LogP contribution in [0.2, 0.25) is 0 Å². The van der Waals surface area contributed by atoms with Gasteiger partial charge in [0.25, 0.3) is 0 Å². The molecule has 21 heavy (non-hydrogen) atoms. The van der Waals surface area contributed by atoms with E-state index in [0.717, 1.165) is 19.3 Å². The average Bonchev–Trinajstić information content (AvgIpc) is 2.44. The number of aromatic hydroxyl groups is 1. The van der Waals surface area contributed by atoms with Gasteiger partial charge in [-0.25, -0.2) is 4.79 Å². The molecule has 0 aliphatic rings. The SMILES string of the molecule is CCCCC[C@H](O)[C@@H](O)C=Cc1cccc(O)c1C(=O)O. The first-order valence-corrected chi connectivity index (χ1v) is 7.07. The highest BCUT2D eigenvalue weighted by Gasteiger charge is 2.15. The van der Waals surface area contributed by atoms with Gasteiger partial charge in [-0.15, -0.1) is 0 Å². The Balaban J connectivity index is 2.76. The van der Waals surface area contributed by atoms with Gasteiger partial charge in [-0.3, -0.25) is 0 Å². The smallest absolute Gasteiger partial charge is 0.340 e. The van der Waals surface area contributed by atoms with Gasteiger partial charge in [0.15, 0.2) is 0 Å². The zero-order chi connectivity index (χ0) is 15.8. The number of aliphatic hydroxyl groups is 2. The number of aliphatic hydroxyl groups excluding tert-OH is 2. The van der Waals surface area contributed by atoms with Crippen LogP contribution in [0.25, 0.3) is 6.08 Å². The van der Waals surface area contributed by atoms with Crippen LogP contribution in [0.5, 0.6) is 5.75 Å². The molecule has 1 aromatic carbocycles. The molecule has 0 saturated heterocycles. The number of carboxylic acids is 1. The van der Waals surface area contributed by atoms with Gasteiger partial charge in [-0.1, -0.05) is 50.5 Å². The molecule has 1 rings (SSSR count). The first-order chi connectivity index (χ1) is 9.97. The number of carbonyl (C=O) groups is 1. The third-order valence-corrected chi connectivity index (χ3v) is 3.26. The summed E-state index contributed by atoms with van der Waals surface area (Å²) in [6.07, 6.45) is 4.14. The number of rotatable bonds is 8. The highest BCUT2D eigenvalue weighted by atomic mass is 16.4. The van der Waals surface area contributed by atoms with Crippen LogP contribution in [0, 0.1) is 0 Å². The standard InChI is InChI=1S/C16H22O5/c1-2-3-4-7-12(17)13(18)10-9-11-6-5-8-14(19)15(11)16(20)21/h5-6,8-10,12-13,17-19H,2-4,7H2,1H3,(H,20,21)/t12-,13-/m0/s1. The molecule has 0 saturated carbocycles. The van der Waals surface area contributed by atoms with Crippen LogP contribution in [0.4, 0.5) is 0 Å². The largest absolute Gasteiger partial charge is 0.507 e. The molecule has 0 amide bonds. The summed E-state index contributed by atoms with van der Waals surface area (Å²) in [7, 11) is 0. The molecule has 5 heteroatoms. The zero-order valence-corrected chi connectivity index (χ0v) is 12.1. The Bertz CT molecular complexity index is 495. The van der Waals surface area contributed by atoms with Gasteiger partial charge in [-0.05, 0) is 18.1 Å². The lowest BCUT2D eigenvalue weighted by atomic mass is 10.0. The molecule has 5 nitrogen and oxygen atoms in total. The van der Waals surface area contributed by atoms with Crippen molar-refractivity contribution in [2.75, 3.05) is 0 Å². The first-order valence-electron chi connectivity index (χ1n) is 7.07. The molecule has 4 N–H and O–H groups in total. The van der Waals surface area contributed by atoms with Crippen molar-refractivity contribution < 1.29 is 25.2 Å².